The van der Waals surface area contributed by atoms with Gasteiger partial charge in [-0.25, -0.2) is 4.39 Å². The first-order valence-electron chi connectivity index (χ1n) is 6.12. The molecule has 4 nitrogen and oxygen atoms in total. The van der Waals surface area contributed by atoms with Gasteiger partial charge in [-0.05, 0) is 37.6 Å². The van der Waals surface area contributed by atoms with Crippen LogP contribution < -0.4 is 16.0 Å². The summed E-state index contributed by atoms with van der Waals surface area (Å²) in [6.45, 7) is 1.82. The quantitative estimate of drug-likeness (QED) is 0.843. The van der Waals surface area contributed by atoms with E-state index < -0.39 is 11.7 Å². The molecule has 1 aliphatic heterocycles. The number of carbonyl (C=O) groups excluding carboxylic acids is 1. The van der Waals surface area contributed by atoms with E-state index in [1.54, 1.807) is 6.07 Å². The minimum atomic E-state index is -0.601. The molecule has 1 amide bonds. The predicted molar refractivity (Wildman–Crippen MR) is 69.2 cm³/mol. The third-order valence-electron chi connectivity index (χ3n) is 3.29. The lowest BCUT2D eigenvalue weighted by atomic mass is 10.1. The zero-order chi connectivity index (χ0) is 13.1. The van der Waals surface area contributed by atoms with Gasteiger partial charge in [0.1, 0.15) is 5.82 Å². The van der Waals surface area contributed by atoms with E-state index in [0.29, 0.717) is 11.7 Å². The second-order valence-electron chi connectivity index (χ2n) is 4.70. The Labute approximate surface area is 106 Å². The first-order chi connectivity index (χ1) is 8.58. The van der Waals surface area contributed by atoms with Crippen molar-refractivity contribution in [2.45, 2.75) is 18.9 Å². The maximum absolute atomic E-state index is 13.1. The van der Waals surface area contributed by atoms with E-state index in [1.165, 1.54) is 18.6 Å². The SMILES string of the molecule is CN(CC1CCCN1)c1ccc(F)cc1C(N)=O. The maximum Gasteiger partial charge on any atom is 0.250 e. The van der Waals surface area contributed by atoms with E-state index >= 15 is 0 Å². The lowest BCUT2D eigenvalue weighted by Gasteiger charge is -2.25. The number of primary amides is 1. The topological polar surface area (TPSA) is 58.4 Å². The molecule has 18 heavy (non-hydrogen) atoms. The van der Waals surface area contributed by atoms with E-state index in [9.17, 15) is 9.18 Å². The number of benzene rings is 1. The van der Waals surface area contributed by atoms with Gasteiger partial charge in [0.25, 0.3) is 5.91 Å². The minimum absolute atomic E-state index is 0.232. The highest BCUT2D eigenvalue weighted by Gasteiger charge is 2.19. The standard InChI is InChI=1S/C13H18FN3O/c1-17(8-10-3-2-6-16-10)12-5-4-9(14)7-11(12)13(15)18/h4-5,7,10,16H,2-3,6,8H2,1H3,(H2,15,18). The van der Waals surface area contributed by atoms with Gasteiger partial charge in [0.2, 0.25) is 0 Å². The van der Waals surface area contributed by atoms with Crippen LogP contribution in [-0.2, 0) is 0 Å². The van der Waals surface area contributed by atoms with Gasteiger partial charge in [0, 0.05) is 25.3 Å². The van der Waals surface area contributed by atoms with Gasteiger partial charge in [-0.1, -0.05) is 0 Å². The van der Waals surface area contributed by atoms with E-state index in [2.05, 4.69) is 5.32 Å². The van der Waals surface area contributed by atoms with Gasteiger partial charge in [0.15, 0.2) is 0 Å². The summed E-state index contributed by atoms with van der Waals surface area (Å²) in [5.41, 5.74) is 6.19. The van der Waals surface area contributed by atoms with Gasteiger partial charge in [0.05, 0.1) is 5.56 Å². The molecule has 2 rings (SSSR count). The molecule has 1 atom stereocenters. The summed E-state index contributed by atoms with van der Waals surface area (Å²) < 4.78 is 13.1. The van der Waals surface area contributed by atoms with E-state index in [-0.39, 0.29) is 5.56 Å². The first kappa shape index (κ1) is 12.8. The van der Waals surface area contributed by atoms with E-state index in [1.807, 2.05) is 11.9 Å². The Hall–Kier alpha value is -1.62. The number of amides is 1. The van der Waals surface area contributed by atoms with Crippen LogP contribution >= 0.6 is 0 Å². The van der Waals surface area contributed by atoms with Crippen LogP contribution in [0.25, 0.3) is 0 Å². The van der Waals surface area contributed by atoms with Gasteiger partial charge >= 0.3 is 0 Å². The Morgan fingerprint density at radius 2 is 2.39 bits per heavy atom. The Bertz CT molecular complexity index is 444. The number of nitrogens with one attached hydrogen (secondary N) is 1. The average molecular weight is 251 g/mol. The molecule has 1 aliphatic rings. The summed E-state index contributed by atoms with van der Waals surface area (Å²) >= 11 is 0. The Morgan fingerprint density at radius 3 is 3.00 bits per heavy atom. The molecular formula is C13H18FN3O. The molecule has 0 aliphatic carbocycles. The van der Waals surface area contributed by atoms with Crippen molar-refractivity contribution in [3.8, 4) is 0 Å². The molecule has 1 saturated heterocycles. The van der Waals surface area contributed by atoms with Crippen LogP contribution in [0, 0.1) is 5.82 Å². The third-order valence-corrected chi connectivity index (χ3v) is 3.29. The van der Waals surface area contributed by atoms with E-state index in [0.717, 1.165) is 19.5 Å². The highest BCUT2D eigenvalue weighted by molar-refractivity contribution is 5.98. The molecule has 0 saturated carbocycles. The van der Waals surface area contributed by atoms with Crippen molar-refractivity contribution in [3.05, 3.63) is 29.6 Å². The highest BCUT2D eigenvalue weighted by atomic mass is 19.1. The number of halogens is 1. The van der Waals surface area contributed by atoms with Crippen LogP contribution in [0.3, 0.4) is 0 Å². The summed E-state index contributed by atoms with van der Waals surface area (Å²) in [5, 5.41) is 3.39. The molecule has 1 fully saturated rings. The lowest BCUT2D eigenvalue weighted by molar-refractivity contribution is 0.100. The van der Waals surface area contributed by atoms with Crippen LogP contribution in [0.2, 0.25) is 0 Å². The number of likely N-dealkylation sites (N-methyl/N-ethyl adjacent to an activating group) is 1. The minimum Gasteiger partial charge on any atom is -0.372 e. The number of rotatable bonds is 4. The fourth-order valence-corrected chi connectivity index (χ4v) is 2.38. The number of nitrogens with zero attached hydrogens (tertiary/aromatic N) is 1. The average Bonchev–Trinajstić information content (AvgIpc) is 2.81. The van der Waals surface area contributed by atoms with Crippen molar-refractivity contribution in [1.29, 1.82) is 0 Å². The number of anilines is 1. The Kier molecular flexibility index (Phi) is 3.81. The molecule has 0 bridgehead atoms. The molecule has 1 aromatic rings. The summed E-state index contributed by atoms with van der Waals surface area (Å²) in [6, 6.07) is 4.56. The predicted octanol–water partition coefficient (Wildman–Crippen LogP) is 1.11. The molecule has 3 N–H and O–H groups in total. The summed E-state index contributed by atoms with van der Waals surface area (Å²) in [5.74, 6) is -1.05. The van der Waals surface area contributed by atoms with Crippen LogP contribution in [0.5, 0.6) is 0 Å². The highest BCUT2D eigenvalue weighted by Crippen LogP contribution is 2.21. The molecular weight excluding hydrogens is 233 g/mol. The number of carbonyl (C=O) groups is 1. The van der Waals surface area contributed by atoms with Crippen molar-refractivity contribution in [2.24, 2.45) is 5.73 Å². The van der Waals surface area contributed by atoms with E-state index in [4.69, 9.17) is 5.73 Å². The van der Waals surface area contributed by atoms with Crippen LogP contribution in [0.4, 0.5) is 10.1 Å². The summed E-state index contributed by atoms with van der Waals surface area (Å²) in [7, 11) is 1.89. The fraction of sp³-hybridized carbons (Fsp3) is 0.462. The van der Waals surface area contributed by atoms with Crippen LogP contribution in [0.15, 0.2) is 18.2 Å². The molecule has 0 radical (unpaired) electrons. The van der Waals surface area contributed by atoms with Crippen LogP contribution in [-0.4, -0.2) is 32.1 Å². The third kappa shape index (κ3) is 2.79. The van der Waals surface area contributed by atoms with Crippen molar-refractivity contribution >= 4 is 11.6 Å². The molecule has 1 unspecified atom stereocenters. The number of hydrogen-bond donors (Lipinski definition) is 2. The van der Waals surface area contributed by atoms with Gasteiger partial charge in [-0.3, -0.25) is 4.79 Å². The normalized spacial score (nSPS) is 18.9. The summed E-state index contributed by atoms with van der Waals surface area (Å²) in [4.78, 5) is 13.3. The second-order valence-corrected chi connectivity index (χ2v) is 4.70. The smallest absolute Gasteiger partial charge is 0.250 e. The second kappa shape index (κ2) is 5.35. The zero-order valence-electron chi connectivity index (χ0n) is 10.4. The molecule has 0 aromatic heterocycles. The molecule has 98 valence electrons. The lowest BCUT2D eigenvalue weighted by Crippen LogP contribution is -2.36. The first-order valence-corrected chi connectivity index (χ1v) is 6.12. The van der Waals surface area contributed by atoms with Gasteiger partial charge < -0.3 is 16.0 Å². The van der Waals surface area contributed by atoms with Crippen LogP contribution in [0.1, 0.15) is 23.2 Å². The molecule has 1 aromatic carbocycles. The number of hydrogen-bond acceptors (Lipinski definition) is 3. The van der Waals surface area contributed by atoms with Crippen molar-refractivity contribution in [3.63, 3.8) is 0 Å². The van der Waals surface area contributed by atoms with Crippen molar-refractivity contribution in [1.82, 2.24) is 5.32 Å². The fourth-order valence-electron chi connectivity index (χ4n) is 2.38. The largest absolute Gasteiger partial charge is 0.372 e. The van der Waals surface area contributed by atoms with Crippen molar-refractivity contribution in [2.75, 3.05) is 25.0 Å². The summed E-state index contributed by atoms with van der Waals surface area (Å²) in [6.07, 6.45) is 2.29. The Balaban J connectivity index is 2.17. The maximum atomic E-state index is 13.1. The van der Waals surface area contributed by atoms with Gasteiger partial charge in [-0.2, -0.15) is 0 Å². The molecule has 1 heterocycles. The molecule has 0 spiro atoms. The monoisotopic (exact) mass is 251 g/mol. The number of nitrogens with two attached hydrogens (primary N) is 1. The Morgan fingerprint density at radius 1 is 1.61 bits per heavy atom. The zero-order valence-corrected chi connectivity index (χ0v) is 10.4. The van der Waals surface area contributed by atoms with Crippen molar-refractivity contribution < 1.29 is 9.18 Å². The van der Waals surface area contributed by atoms with Gasteiger partial charge in [-0.15, -0.1) is 0 Å². The molecule has 5 heteroatoms.